The number of carboxylic acids is 2. The third-order valence-corrected chi connectivity index (χ3v) is 6.51. The summed E-state index contributed by atoms with van der Waals surface area (Å²) in [6, 6.07) is 9.29. The summed E-state index contributed by atoms with van der Waals surface area (Å²) < 4.78 is 63.1. The number of aromatic carboxylic acids is 1. The molecular formula is C29H33Cl3F3N2O12PS. The normalized spacial score (nSPS) is 11.6. The molecule has 1 atom stereocenters. The van der Waals surface area contributed by atoms with Crippen molar-refractivity contribution in [2.75, 3.05) is 45.3 Å². The zero-order valence-corrected chi connectivity index (χ0v) is 31.3. The molecular weight excluding hydrogens is 795 g/mol. The zero-order valence-electron chi connectivity index (χ0n) is 27.3. The summed E-state index contributed by atoms with van der Waals surface area (Å²) in [5, 5.41) is 29.8. The maximum atomic E-state index is 12.6. The summed E-state index contributed by atoms with van der Waals surface area (Å²) >= 11 is 17.2. The Kier molecular flexibility index (Phi) is 20.9. The topological polar surface area (TPSA) is 218 Å². The summed E-state index contributed by atoms with van der Waals surface area (Å²) in [6.45, 7) is 1.38. The predicted molar refractivity (Wildman–Crippen MR) is 186 cm³/mol. The van der Waals surface area contributed by atoms with Crippen molar-refractivity contribution in [2.45, 2.75) is 13.1 Å². The van der Waals surface area contributed by atoms with Crippen LogP contribution in [0.3, 0.4) is 0 Å². The highest BCUT2D eigenvalue weighted by molar-refractivity contribution is 7.94. The highest BCUT2D eigenvalue weighted by Crippen LogP contribution is 2.38. The number of nitrogens with one attached hydrogen (secondary N) is 1. The number of halogens is 6. The van der Waals surface area contributed by atoms with Gasteiger partial charge in [-0.1, -0.05) is 34.8 Å². The molecule has 4 N–H and O–H groups in total. The van der Waals surface area contributed by atoms with Crippen molar-refractivity contribution in [2.24, 2.45) is 0 Å². The second-order valence-corrected chi connectivity index (χ2v) is 14.9. The van der Waals surface area contributed by atoms with E-state index in [-0.39, 0.29) is 55.9 Å². The molecule has 22 heteroatoms. The van der Waals surface area contributed by atoms with Crippen LogP contribution < -0.4 is 24.4 Å². The number of ether oxygens (including phenoxy) is 3. The smallest absolute Gasteiger partial charge is 0.416 e. The minimum atomic E-state index is -4.52. The minimum Gasteiger partial charge on any atom is -0.778 e. The molecule has 284 valence electrons. The number of benzene rings is 3. The second-order valence-electron chi connectivity index (χ2n) is 9.65. The number of hydrogen-bond acceptors (Lipinski definition) is 10. The lowest BCUT2D eigenvalue weighted by atomic mass is 10.2. The molecule has 0 heterocycles. The van der Waals surface area contributed by atoms with Crippen LogP contribution in [0.25, 0.3) is 0 Å². The van der Waals surface area contributed by atoms with Crippen LogP contribution in [0.15, 0.2) is 48.5 Å². The van der Waals surface area contributed by atoms with Gasteiger partial charge in [0.1, 0.15) is 24.7 Å². The molecule has 0 aliphatic heterocycles. The first-order valence-electron chi connectivity index (χ1n) is 13.6. The number of carboxylic acid groups (broad SMARTS) is 2. The van der Waals surface area contributed by atoms with E-state index < -0.39 is 49.0 Å². The highest BCUT2D eigenvalue weighted by Gasteiger charge is 2.31. The van der Waals surface area contributed by atoms with Gasteiger partial charge in [0.05, 0.1) is 70.9 Å². The molecule has 0 aliphatic carbocycles. The number of methoxy groups -OCH3 is 1. The molecule has 0 fully saturated rings. The lowest BCUT2D eigenvalue weighted by molar-refractivity contribution is -0.385. The summed E-state index contributed by atoms with van der Waals surface area (Å²) in [4.78, 5) is 48.8. The van der Waals surface area contributed by atoms with Crippen molar-refractivity contribution >= 4 is 70.9 Å². The van der Waals surface area contributed by atoms with E-state index in [0.717, 1.165) is 18.2 Å². The van der Waals surface area contributed by atoms with E-state index >= 15 is 0 Å². The van der Waals surface area contributed by atoms with Crippen LogP contribution in [0.5, 0.6) is 23.0 Å². The molecule has 3 aromatic rings. The molecule has 1 unspecified atom stereocenters. The fourth-order valence-electron chi connectivity index (χ4n) is 3.10. The predicted octanol–water partition coefficient (Wildman–Crippen LogP) is 6.82. The number of nitrogens with zero attached hydrogens (tertiary/aromatic N) is 1. The van der Waals surface area contributed by atoms with Crippen molar-refractivity contribution in [1.29, 1.82) is 0 Å². The van der Waals surface area contributed by atoms with Gasteiger partial charge in [0.25, 0.3) is 0 Å². The summed E-state index contributed by atoms with van der Waals surface area (Å²) in [6.07, 6.45) is 1.36. The molecule has 0 bridgehead atoms. The third kappa shape index (κ3) is 19.1. The maximum absolute atomic E-state index is 12.6. The largest absolute Gasteiger partial charge is 0.778 e. The summed E-state index contributed by atoms with van der Waals surface area (Å²) in [5.74, 6) is -2.13. The average molecular weight is 828 g/mol. The molecule has 51 heavy (non-hydrogen) atoms. The summed E-state index contributed by atoms with van der Waals surface area (Å²) in [5.41, 5.74) is -1.27. The van der Waals surface area contributed by atoms with Gasteiger partial charge in [0, 0.05) is 12.1 Å². The van der Waals surface area contributed by atoms with E-state index in [9.17, 15) is 42.3 Å². The Morgan fingerprint density at radius 2 is 1.55 bits per heavy atom. The Balaban J connectivity index is 0.000000776. The number of nitro benzene ring substituents is 1. The van der Waals surface area contributed by atoms with Crippen LogP contribution >= 0.6 is 42.4 Å². The van der Waals surface area contributed by atoms with E-state index in [1.54, 1.807) is 6.92 Å². The molecule has 0 amide bonds. The molecule has 0 radical (unpaired) electrons. The number of rotatable bonds is 11. The SMILES string of the molecule is CCOc1cc(Oc2ccc(C(F)(F)F)cc2Cl)ccc1[N+](=O)[O-].COc1c(Cl)ccc(Cl)c1C(=O)O.C[S+](C)C.O=C(O)CNCP(=O)([O-])O. The Labute approximate surface area is 308 Å². The van der Waals surface area contributed by atoms with Crippen LogP contribution in [0.1, 0.15) is 22.8 Å². The molecule has 0 aromatic heterocycles. The van der Waals surface area contributed by atoms with E-state index in [0.29, 0.717) is 10.9 Å². The van der Waals surface area contributed by atoms with Crippen LogP contribution in [-0.2, 0) is 26.4 Å². The van der Waals surface area contributed by atoms with Gasteiger partial charge in [0.2, 0.25) is 5.75 Å². The monoisotopic (exact) mass is 826 g/mol. The quantitative estimate of drug-likeness (QED) is 0.0676. The lowest BCUT2D eigenvalue weighted by Crippen LogP contribution is -2.25. The van der Waals surface area contributed by atoms with Crippen molar-refractivity contribution in [3.05, 3.63) is 84.8 Å². The van der Waals surface area contributed by atoms with Crippen molar-refractivity contribution in [3.63, 3.8) is 0 Å². The number of nitro groups is 1. The minimum absolute atomic E-state index is 0.0111. The number of carbonyl (C=O) groups is 2. The summed E-state index contributed by atoms with van der Waals surface area (Å²) in [7, 11) is -2.37. The van der Waals surface area contributed by atoms with E-state index in [1.807, 2.05) is 5.32 Å². The van der Waals surface area contributed by atoms with Gasteiger partial charge in [-0.15, -0.1) is 0 Å². The van der Waals surface area contributed by atoms with Gasteiger partial charge in [0.15, 0.2) is 5.75 Å². The first-order chi connectivity index (χ1) is 23.4. The Morgan fingerprint density at radius 3 is 1.96 bits per heavy atom. The number of aliphatic carboxylic acids is 1. The van der Waals surface area contributed by atoms with Crippen LogP contribution in [0, 0.1) is 10.1 Å². The van der Waals surface area contributed by atoms with Crippen LogP contribution in [0.4, 0.5) is 18.9 Å². The van der Waals surface area contributed by atoms with E-state index in [1.165, 1.54) is 37.4 Å². The number of hydrogen-bond donors (Lipinski definition) is 4. The molecule has 14 nitrogen and oxygen atoms in total. The Hall–Kier alpha value is -3.48. The van der Waals surface area contributed by atoms with E-state index in [2.05, 4.69) is 18.8 Å². The van der Waals surface area contributed by atoms with Crippen molar-refractivity contribution in [3.8, 4) is 23.0 Å². The first-order valence-corrected chi connectivity index (χ1v) is 18.9. The first kappa shape index (κ1) is 47.5. The fourth-order valence-corrected chi connectivity index (χ4v) is 4.18. The van der Waals surface area contributed by atoms with Crippen molar-refractivity contribution in [1.82, 2.24) is 5.32 Å². The highest BCUT2D eigenvalue weighted by atomic mass is 35.5. The molecule has 0 saturated heterocycles. The second kappa shape index (κ2) is 22.5. The van der Waals surface area contributed by atoms with E-state index in [4.69, 9.17) is 64.1 Å². The standard InChI is InChI=1S/C15H11ClF3NO4.C8H6Cl2O3.C3H8NO5P.C3H9S/c1-2-23-14-8-10(4-5-12(14)20(21)22)24-13-6-3-9(7-11(13)16)15(17,18)19;1-13-7-5(10)3-2-4(9)6(7)8(11)12;5-3(6)1-4-2-10(7,8)9;1-4(2)3/h3-8H,2H2,1H3;2-3H,1H3,(H,11,12);4H,1-2H2,(H,5,6)(H2,7,8,9);1-3H3/q;;;+1/p-1. The van der Waals surface area contributed by atoms with Crippen LogP contribution in [0.2, 0.25) is 15.1 Å². The lowest BCUT2D eigenvalue weighted by Gasteiger charge is -2.14. The Morgan fingerprint density at radius 1 is 0.980 bits per heavy atom. The third-order valence-electron chi connectivity index (χ3n) is 4.98. The molecule has 0 aliphatic rings. The van der Waals surface area contributed by atoms with Crippen LogP contribution in [-0.4, -0.2) is 77.3 Å². The molecule has 0 saturated carbocycles. The van der Waals surface area contributed by atoms with Gasteiger partial charge in [-0.25, -0.2) is 4.79 Å². The number of alkyl halides is 3. The molecule has 0 spiro atoms. The average Bonchev–Trinajstić information content (AvgIpc) is 2.98. The fraction of sp³-hybridized carbons (Fsp3) is 0.310. The van der Waals surface area contributed by atoms with Crippen molar-refractivity contribution < 1.29 is 66.5 Å². The molecule has 3 rings (SSSR count). The molecule has 3 aromatic carbocycles. The Bertz CT molecular complexity index is 1680. The maximum Gasteiger partial charge on any atom is 0.416 e. The van der Waals surface area contributed by atoms with Gasteiger partial charge in [-0.2, -0.15) is 13.2 Å². The zero-order chi connectivity index (χ0) is 39.7. The van der Waals surface area contributed by atoms with Gasteiger partial charge >= 0.3 is 23.8 Å². The van der Waals surface area contributed by atoms with Gasteiger partial charge < -0.3 is 38.8 Å². The van der Waals surface area contributed by atoms with Gasteiger partial charge in [-0.3, -0.25) is 20.2 Å². The van der Waals surface area contributed by atoms with Gasteiger partial charge in [-0.05, 0) is 54.2 Å².